The summed E-state index contributed by atoms with van der Waals surface area (Å²) in [4.78, 5) is 2.10. The summed E-state index contributed by atoms with van der Waals surface area (Å²) >= 11 is 0. The molecule has 0 aromatic carbocycles. The Morgan fingerprint density at radius 3 is 1.76 bits per heavy atom. The second kappa shape index (κ2) is 7.31. The van der Waals surface area contributed by atoms with Crippen molar-refractivity contribution in [2.75, 3.05) is 39.4 Å². The summed E-state index contributed by atoms with van der Waals surface area (Å²) in [6.07, 6.45) is 0. The Morgan fingerprint density at radius 1 is 0.941 bits per heavy atom. The van der Waals surface area contributed by atoms with Gasteiger partial charge in [0.15, 0.2) is 0 Å². The molecule has 0 radical (unpaired) electrons. The molecule has 0 aromatic heterocycles. The number of hydrogen-bond acceptors (Lipinski definition) is 4. The molecule has 0 amide bonds. The molecule has 0 spiro atoms. The maximum absolute atomic E-state index is 8.98. The van der Waals surface area contributed by atoms with Crippen LogP contribution in [-0.2, 0) is 0 Å². The van der Waals surface area contributed by atoms with Crippen LogP contribution in [0, 0.1) is 5.41 Å². The minimum Gasteiger partial charge on any atom is -0.395 e. The van der Waals surface area contributed by atoms with E-state index in [9.17, 15) is 0 Å². The highest BCUT2D eigenvalue weighted by Gasteiger charge is 2.23. The maximum atomic E-state index is 8.98. The molecule has 0 heterocycles. The predicted molar refractivity (Wildman–Crippen MR) is 72.1 cm³/mol. The molecule has 4 heteroatoms. The average Bonchev–Trinajstić information content (AvgIpc) is 2.14. The molecule has 0 atom stereocenters. The van der Waals surface area contributed by atoms with Crippen LogP contribution in [0.25, 0.3) is 0 Å². The van der Waals surface area contributed by atoms with Gasteiger partial charge in [0.25, 0.3) is 0 Å². The van der Waals surface area contributed by atoms with Gasteiger partial charge >= 0.3 is 0 Å². The molecule has 3 N–H and O–H groups in total. The SMILES string of the molecule is CC(C)(CNC(C)(C)C)CN(CCO)CCO. The van der Waals surface area contributed by atoms with Crippen molar-refractivity contribution < 1.29 is 10.2 Å². The van der Waals surface area contributed by atoms with Gasteiger partial charge in [0.2, 0.25) is 0 Å². The van der Waals surface area contributed by atoms with Crippen molar-refractivity contribution in [2.24, 2.45) is 5.41 Å². The van der Waals surface area contributed by atoms with Crippen LogP contribution in [0.15, 0.2) is 0 Å². The third-order valence-corrected chi connectivity index (χ3v) is 2.58. The first-order valence-corrected chi connectivity index (χ1v) is 6.39. The lowest BCUT2D eigenvalue weighted by Crippen LogP contribution is -2.47. The fourth-order valence-electron chi connectivity index (χ4n) is 1.72. The summed E-state index contributed by atoms with van der Waals surface area (Å²) in [7, 11) is 0. The second-order valence-electron chi connectivity index (χ2n) is 6.49. The Morgan fingerprint density at radius 2 is 1.41 bits per heavy atom. The molecule has 0 fully saturated rings. The molecule has 0 unspecified atom stereocenters. The van der Waals surface area contributed by atoms with Crippen LogP contribution in [0.5, 0.6) is 0 Å². The van der Waals surface area contributed by atoms with Gasteiger partial charge in [-0.05, 0) is 26.2 Å². The van der Waals surface area contributed by atoms with Crippen LogP contribution in [0.1, 0.15) is 34.6 Å². The molecule has 17 heavy (non-hydrogen) atoms. The van der Waals surface area contributed by atoms with E-state index in [1.165, 1.54) is 0 Å². The van der Waals surface area contributed by atoms with E-state index in [1.807, 2.05) is 0 Å². The molecule has 0 saturated carbocycles. The van der Waals surface area contributed by atoms with Gasteiger partial charge in [-0.15, -0.1) is 0 Å². The van der Waals surface area contributed by atoms with Crippen LogP contribution >= 0.6 is 0 Å². The average molecular weight is 246 g/mol. The number of aliphatic hydroxyl groups excluding tert-OH is 2. The molecule has 0 aliphatic heterocycles. The van der Waals surface area contributed by atoms with Crippen molar-refractivity contribution in [1.29, 1.82) is 0 Å². The van der Waals surface area contributed by atoms with E-state index in [1.54, 1.807) is 0 Å². The molecule has 0 aliphatic carbocycles. The normalized spacial score (nSPS) is 13.4. The zero-order chi connectivity index (χ0) is 13.5. The standard InChI is InChI=1S/C13H30N2O2/c1-12(2,3)14-10-13(4,5)11-15(6-8-16)7-9-17/h14,16-17H,6-11H2,1-5H3. The van der Waals surface area contributed by atoms with Crippen LogP contribution in [0.3, 0.4) is 0 Å². The van der Waals surface area contributed by atoms with Crippen molar-refractivity contribution in [3.63, 3.8) is 0 Å². The third-order valence-electron chi connectivity index (χ3n) is 2.58. The molecule has 0 aromatic rings. The highest BCUT2D eigenvalue weighted by molar-refractivity contribution is 4.80. The highest BCUT2D eigenvalue weighted by atomic mass is 16.3. The fourth-order valence-corrected chi connectivity index (χ4v) is 1.72. The topological polar surface area (TPSA) is 55.7 Å². The van der Waals surface area contributed by atoms with Gasteiger partial charge in [0.1, 0.15) is 0 Å². The van der Waals surface area contributed by atoms with Crippen molar-refractivity contribution in [3.8, 4) is 0 Å². The summed E-state index contributed by atoms with van der Waals surface area (Å²) in [6, 6.07) is 0. The lowest BCUT2D eigenvalue weighted by Gasteiger charge is -2.35. The Bertz CT molecular complexity index is 194. The smallest absolute Gasteiger partial charge is 0.0558 e. The minimum atomic E-state index is 0.121. The predicted octanol–water partition coefficient (Wildman–Crippen LogP) is 0.687. The first kappa shape index (κ1) is 16.8. The van der Waals surface area contributed by atoms with Gasteiger partial charge in [-0.3, -0.25) is 4.90 Å². The van der Waals surface area contributed by atoms with E-state index >= 15 is 0 Å². The largest absolute Gasteiger partial charge is 0.395 e. The zero-order valence-corrected chi connectivity index (χ0v) is 12.1. The summed E-state index contributed by atoms with van der Waals surface area (Å²) in [6.45, 7) is 14.2. The molecule has 104 valence electrons. The van der Waals surface area contributed by atoms with Crippen molar-refractivity contribution in [1.82, 2.24) is 10.2 Å². The molecule has 0 bridgehead atoms. The van der Waals surface area contributed by atoms with Gasteiger partial charge in [-0.2, -0.15) is 0 Å². The lowest BCUT2D eigenvalue weighted by atomic mass is 9.91. The van der Waals surface area contributed by atoms with Crippen LogP contribution in [-0.4, -0.2) is 60.0 Å². The van der Waals surface area contributed by atoms with Crippen molar-refractivity contribution >= 4 is 0 Å². The van der Waals surface area contributed by atoms with E-state index in [0.29, 0.717) is 13.1 Å². The Balaban J connectivity index is 4.18. The van der Waals surface area contributed by atoms with Gasteiger partial charge in [-0.25, -0.2) is 0 Å². The molecule has 0 rings (SSSR count). The van der Waals surface area contributed by atoms with E-state index < -0.39 is 0 Å². The number of nitrogens with zero attached hydrogens (tertiary/aromatic N) is 1. The molecule has 4 nitrogen and oxygen atoms in total. The minimum absolute atomic E-state index is 0.121. The van der Waals surface area contributed by atoms with Crippen LogP contribution in [0.2, 0.25) is 0 Å². The van der Waals surface area contributed by atoms with E-state index in [4.69, 9.17) is 10.2 Å². The monoisotopic (exact) mass is 246 g/mol. The number of hydrogen-bond donors (Lipinski definition) is 3. The number of aliphatic hydroxyl groups is 2. The van der Waals surface area contributed by atoms with Crippen molar-refractivity contribution in [2.45, 2.75) is 40.2 Å². The molecule has 0 saturated heterocycles. The summed E-state index contributed by atoms with van der Waals surface area (Å²) in [5, 5.41) is 21.5. The van der Waals surface area contributed by atoms with E-state index in [0.717, 1.165) is 13.1 Å². The Hall–Kier alpha value is -0.160. The van der Waals surface area contributed by atoms with Gasteiger partial charge in [-0.1, -0.05) is 13.8 Å². The third kappa shape index (κ3) is 9.53. The second-order valence-corrected chi connectivity index (χ2v) is 6.49. The van der Waals surface area contributed by atoms with Gasteiger partial charge in [0, 0.05) is 31.7 Å². The van der Waals surface area contributed by atoms with E-state index in [-0.39, 0.29) is 24.2 Å². The molecule has 0 aliphatic rings. The Labute approximate surface area is 106 Å². The van der Waals surface area contributed by atoms with Gasteiger partial charge < -0.3 is 15.5 Å². The molecular weight excluding hydrogens is 216 g/mol. The molecular formula is C13H30N2O2. The number of nitrogens with one attached hydrogen (secondary N) is 1. The summed E-state index contributed by atoms with van der Waals surface area (Å²) < 4.78 is 0. The van der Waals surface area contributed by atoms with Crippen LogP contribution in [0.4, 0.5) is 0 Å². The number of rotatable bonds is 8. The first-order valence-electron chi connectivity index (χ1n) is 6.39. The van der Waals surface area contributed by atoms with E-state index in [2.05, 4.69) is 44.8 Å². The zero-order valence-electron chi connectivity index (χ0n) is 12.1. The fraction of sp³-hybridized carbons (Fsp3) is 1.00. The van der Waals surface area contributed by atoms with Crippen LogP contribution < -0.4 is 5.32 Å². The highest BCUT2D eigenvalue weighted by Crippen LogP contribution is 2.17. The van der Waals surface area contributed by atoms with Crippen molar-refractivity contribution in [3.05, 3.63) is 0 Å². The Kier molecular flexibility index (Phi) is 7.24. The summed E-state index contributed by atoms with van der Waals surface area (Å²) in [5.74, 6) is 0. The maximum Gasteiger partial charge on any atom is 0.0558 e. The summed E-state index contributed by atoms with van der Waals surface area (Å²) in [5.41, 5.74) is 0.244. The quantitative estimate of drug-likeness (QED) is 0.590. The lowest BCUT2D eigenvalue weighted by molar-refractivity contribution is 0.115. The first-order chi connectivity index (χ1) is 7.70. The van der Waals surface area contributed by atoms with Gasteiger partial charge in [0.05, 0.1) is 13.2 Å².